The van der Waals surface area contributed by atoms with Crippen molar-refractivity contribution in [2.75, 3.05) is 40.0 Å². The number of nitrogens with zero attached hydrogens (tertiary/aromatic N) is 1. The van der Waals surface area contributed by atoms with Gasteiger partial charge < -0.3 is 19.3 Å². The van der Waals surface area contributed by atoms with Crippen molar-refractivity contribution in [2.24, 2.45) is 5.92 Å². The molecule has 0 amide bonds. The highest BCUT2D eigenvalue weighted by Gasteiger charge is 2.25. The van der Waals surface area contributed by atoms with Crippen LogP contribution in [0.2, 0.25) is 0 Å². The minimum Gasteiger partial charge on any atom is -0.462 e. The largest absolute Gasteiger partial charge is 0.462 e. The van der Waals surface area contributed by atoms with Crippen LogP contribution >= 0.6 is 8.60 Å². The Hall–Kier alpha value is -0.870. The first kappa shape index (κ1) is 44.1. The van der Waals surface area contributed by atoms with Crippen LogP contribution in [-0.2, 0) is 38.2 Å². The fourth-order valence-corrected chi connectivity index (χ4v) is 5.29. The van der Waals surface area contributed by atoms with E-state index >= 15 is 0 Å². The van der Waals surface area contributed by atoms with Crippen LogP contribution in [0.1, 0.15) is 156 Å². The van der Waals surface area contributed by atoms with Gasteiger partial charge in [-0.25, -0.2) is 9.78 Å². The molecule has 0 aromatic heterocycles. The van der Waals surface area contributed by atoms with Crippen LogP contribution in [0, 0.1) is 5.92 Å². The maximum Gasteiger partial charge on any atom is 0.389 e. The van der Waals surface area contributed by atoms with E-state index in [0.717, 1.165) is 51.5 Å². The summed E-state index contributed by atoms with van der Waals surface area (Å²) in [6, 6.07) is 0. The molecule has 0 rings (SSSR count). The van der Waals surface area contributed by atoms with Crippen molar-refractivity contribution in [3.05, 3.63) is 0 Å². The number of ether oxygens (including phenoxy) is 2. The maximum atomic E-state index is 12.8. The fraction of sp³-hybridized carbons (Fsp3) is 0.941. The first-order chi connectivity index (χ1) is 21.9. The summed E-state index contributed by atoms with van der Waals surface area (Å²) in [5.74, 6) is -0.910. The molecule has 0 spiro atoms. The second-order valence-corrected chi connectivity index (χ2v) is 12.9. The number of carbonyl (C=O) groups is 2. The molecular formula is C34H68NO9P. The van der Waals surface area contributed by atoms with Crippen LogP contribution in [0.4, 0.5) is 0 Å². The summed E-state index contributed by atoms with van der Waals surface area (Å²) in [6.45, 7) is 9.68. The van der Waals surface area contributed by atoms with E-state index in [0.29, 0.717) is 13.0 Å². The summed E-state index contributed by atoms with van der Waals surface area (Å²) in [4.78, 5) is 47.1. The van der Waals surface area contributed by atoms with Crippen LogP contribution < -0.4 is 0 Å². The van der Waals surface area contributed by atoms with Crippen molar-refractivity contribution in [1.82, 2.24) is 4.90 Å². The molecule has 2 atom stereocenters. The maximum absolute atomic E-state index is 12.8. The zero-order chi connectivity index (χ0) is 33.4. The molecule has 11 heteroatoms. The van der Waals surface area contributed by atoms with Crippen molar-refractivity contribution in [1.29, 1.82) is 0 Å². The third-order valence-electron chi connectivity index (χ3n) is 7.89. The topological polar surface area (TPSA) is 113 Å². The highest BCUT2D eigenvalue weighted by Crippen LogP contribution is 2.33. The van der Waals surface area contributed by atoms with Crippen molar-refractivity contribution < 1.29 is 43.1 Å². The van der Waals surface area contributed by atoms with Crippen LogP contribution in [-0.4, -0.2) is 67.8 Å². The Morgan fingerprint density at radius 1 is 0.689 bits per heavy atom. The number of hydrogen-bond acceptors (Lipinski definition) is 10. The Labute approximate surface area is 276 Å². The molecule has 0 bridgehead atoms. The number of carbonyl (C=O) groups excluding carboxylic acids is 2. The van der Waals surface area contributed by atoms with Crippen molar-refractivity contribution in [2.45, 2.75) is 162 Å². The number of hydrogen-bond donors (Lipinski definition) is 1. The molecule has 0 radical (unpaired) electrons. The van der Waals surface area contributed by atoms with E-state index in [1.165, 1.54) is 77.0 Å². The van der Waals surface area contributed by atoms with E-state index in [1.54, 1.807) is 0 Å². The van der Waals surface area contributed by atoms with Crippen molar-refractivity contribution in [3.8, 4) is 0 Å². The van der Waals surface area contributed by atoms with E-state index in [4.69, 9.17) is 28.6 Å². The summed E-state index contributed by atoms with van der Waals surface area (Å²) in [7, 11) is -0.511. The molecule has 268 valence electrons. The molecular weight excluding hydrogens is 597 g/mol. The van der Waals surface area contributed by atoms with Gasteiger partial charge in [0.05, 0.1) is 12.5 Å². The van der Waals surface area contributed by atoms with E-state index in [-0.39, 0.29) is 37.7 Å². The lowest BCUT2D eigenvalue weighted by Crippen LogP contribution is -2.32. The Balaban J connectivity index is 4.27. The summed E-state index contributed by atoms with van der Waals surface area (Å²) < 4.78 is 20.7. The zero-order valence-electron chi connectivity index (χ0n) is 29.4. The van der Waals surface area contributed by atoms with Crippen LogP contribution in [0.15, 0.2) is 0 Å². The van der Waals surface area contributed by atoms with Gasteiger partial charge in [-0.3, -0.25) is 9.59 Å². The van der Waals surface area contributed by atoms with Crippen LogP contribution in [0.25, 0.3) is 0 Å². The van der Waals surface area contributed by atoms with Gasteiger partial charge in [0.1, 0.15) is 13.2 Å². The van der Waals surface area contributed by atoms with E-state index in [9.17, 15) is 14.5 Å². The molecule has 45 heavy (non-hydrogen) atoms. The standard InChI is InChI=1S/C34H68NO9P/c1-6-10-11-12-13-14-15-16-17-18-19-20-21-22-23-26-33(36)39-29-32(42-34(37)31(24-7-2)25-8-3)30-41-44-45(38)43-40-28-27-35(5)9-4/h31-32,38H,6-30H2,1-5H3. The molecule has 0 fully saturated rings. The number of esters is 2. The number of rotatable bonds is 34. The summed E-state index contributed by atoms with van der Waals surface area (Å²) >= 11 is 0. The van der Waals surface area contributed by atoms with Gasteiger partial charge in [-0.05, 0) is 32.9 Å². The van der Waals surface area contributed by atoms with Gasteiger partial charge >= 0.3 is 20.5 Å². The highest BCUT2D eigenvalue weighted by molar-refractivity contribution is 7.40. The summed E-state index contributed by atoms with van der Waals surface area (Å²) in [6.07, 6.45) is 21.6. The molecule has 0 aromatic carbocycles. The van der Waals surface area contributed by atoms with Gasteiger partial charge in [0.2, 0.25) is 0 Å². The van der Waals surface area contributed by atoms with Crippen LogP contribution in [0.5, 0.6) is 0 Å². The second-order valence-electron chi connectivity index (χ2n) is 12.1. The Kier molecular flexibility index (Phi) is 32.4. The fourth-order valence-electron chi connectivity index (χ4n) is 4.95. The van der Waals surface area contributed by atoms with Gasteiger partial charge in [0.15, 0.2) is 6.10 Å². The molecule has 0 aromatic rings. The second kappa shape index (κ2) is 33.0. The van der Waals surface area contributed by atoms with Gasteiger partial charge in [-0.2, -0.15) is 9.35 Å². The molecule has 10 nitrogen and oxygen atoms in total. The van der Waals surface area contributed by atoms with Crippen LogP contribution in [0.3, 0.4) is 0 Å². The third kappa shape index (κ3) is 29.0. The molecule has 0 saturated heterocycles. The van der Waals surface area contributed by atoms with Gasteiger partial charge in [-0.1, -0.05) is 130 Å². The SMILES string of the molecule is CCCCCCCCCCCCCCCCCC(=O)OCC(COOP(O)OOCCN(C)CC)OC(=O)C(CCC)CCC. The molecule has 0 saturated carbocycles. The molecule has 0 aliphatic heterocycles. The van der Waals surface area contributed by atoms with Gasteiger partial charge in [0, 0.05) is 13.0 Å². The lowest BCUT2D eigenvalue weighted by Gasteiger charge is -2.21. The quantitative estimate of drug-likeness (QED) is 0.0235. The normalized spacial score (nSPS) is 13.0. The van der Waals surface area contributed by atoms with Gasteiger partial charge in [0.25, 0.3) is 0 Å². The average Bonchev–Trinajstić information content (AvgIpc) is 3.03. The first-order valence-electron chi connectivity index (χ1n) is 18.0. The van der Waals surface area contributed by atoms with Gasteiger partial charge in [-0.15, -0.1) is 0 Å². The lowest BCUT2D eigenvalue weighted by molar-refractivity contribution is -0.276. The smallest absolute Gasteiger partial charge is 0.389 e. The molecule has 0 aliphatic carbocycles. The van der Waals surface area contributed by atoms with Crippen molar-refractivity contribution >= 4 is 20.5 Å². The summed E-state index contributed by atoms with van der Waals surface area (Å²) in [5, 5.41) is 0. The minimum atomic E-state index is -2.45. The average molecular weight is 666 g/mol. The monoisotopic (exact) mass is 665 g/mol. The third-order valence-corrected chi connectivity index (χ3v) is 8.35. The molecule has 0 aliphatic rings. The predicted octanol–water partition coefficient (Wildman–Crippen LogP) is 8.99. The lowest BCUT2D eigenvalue weighted by atomic mass is 9.98. The number of unbranched alkanes of at least 4 members (excludes halogenated alkanes) is 14. The van der Waals surface area contributed by atoms with E-state index in [1.807, 2.05) is 32.7 Å². The minimum absolute atomic E-state index is 0.151. The highest BCUT2D eigenvalue weighted by atomic mass is 31.2. The van der Waals surface area contributed by atoms with E-state index in [2.05, 4.69) is 6.92 Å². The Morgan fingerprint density at radius 2 is 1.20 bits per heavy atom. The zero-order valence-corrected chi connectivity index (χ0v) is 30.3. The number of likely N-dealkylation sites (N-methyl/N-ethyl adjacent to an activating group) is 1. The Bertz CT molecular complexity index is 668. The summed E-state index contributed by atoms with van der Waals surface area (Å²) in [5.41, 5.74) is 0. The molecule has 2 unspecified atom stereocenters. The molecule has 1 N–H and O–H groups in total. The Morgan fingerprint density at radius 3 is 1.71 bits per heavy atom. The molecule has 0 heterocycles. The van der Waals surface area contributed by atoms with Crippen molar-refractivity contribution in [3.63, 3.8) is 0 Å². The first-order valence-corrected chi connectivity index (χ1v) is 19.1. The van der Waals surface area contributed by atoms with E-state index < -0.39 is 14.7 Å². The predicted molar refractivity (Wildman–Crippen MR) is 180 cm³/mol.